The summed E-state index contributed by atoms with van der Waals surface area (Å²) < 4.78 is 28.3. The van der Waals surface area contributed by atoms with Crippen molar-refractivity contribution in [2.24, 2.45) is 5.92 Å². The van der Waals surface area contributed by atoms with Gasteiger partial charge in [0, 0.05) is 19.6 Å². The van der Waals surface area contributed by atoms with Gasteiger partial charge in [-0.2, -0.15) is 4.31 Å². The molecule has 0 spiro atoms. The summed E-state index contributed by atoms with van der Waals surface area (Å²) in [5, 5.41) is 0. The molecule has 0 unspecified atom stereocenters. The minimum Gasteiger partial charge on any atom is -0.303 e. The van der Waals surface area contributed by atoms with Crippen LogP contribution >= 0.6 is 27.3 Å². The van der Waals surface area contributed by atoms with Crippen LogP contribution in [0.2, 0.25) is 0 Å². The largest absolute Gasteiger partial charge is 0.303 e. The van der Waals surface area contributed by atoms with E-state index in [1.165, 1.54) is 50.1 Å². The predicted molar refractivity (Wildman–Crippen MR) is 98.4 cm³/mol. The summed E-state index contributed by atoms with van der Waals surface area (Å²) in [5.41, 5.74) is 0. The molecule has 3 heterocycles. The Hall–Kier alpha value is 0.0500. The van der Waals surface area contributed by atoms with Gasteiger partial charge < -0.3 is 4.90 Å². The monoisotopic (exact) mass is 420 g/mol. The molecule has 4 nitrogen and oxygen atoms in total. The maximum absolute atomic E-state index is 12.6. The van der Waals surface area contributed by atoms with Crippen molar-refractivity contribution in [1.82, 2.24) is 9.21 Å². The Bertz CT molecular complexity index is 601. The zero-order valence-electron chi connectivity index (χ0n) is 13.4. The van der Waals surface area contributed by atoms with Crippen molar-refractivity contribution in [2.75, 3.05) is 32.7 Å². The molecule has 1 aromatic rings. The Morgan fingerprint density at radius 3 is 2.26 bits per heavy atom. The molecule has 0 amide bonds. The zero-order chi connectivity index (χ0) is 16.3. The van der Waals surface area contributed by atoms with Gasteiger partial charge in [-0.15, -0.1) is 11.3 Å². The second-order valence-electron chi connectivity index (χ2n) is 6.62. The van der Waals surface area contributed by atoms with E-state index in [0.717, 1.165) is 23.2 Å². The number of hydrogen-bond donors (Lipinski definition) is 0. The smallest absolute Gasteiger partial charge is 0.252 e. The fourth-order valence-corrected chi connectivity index (χ4v) is 7.21. The first-order valence-corrected chi connectivity index (χ1v) is 11.6. The van der Waals surface area contributed by atoms with Gasteiger partial charge in [-0.1, -0.05) is 12.8 Å². The van der Waals surface area contributed by atoms with Crippen molar-refractivity contribution in [3.05, 3.63) is 15.9 Å². The molecule has 23 heavy (non-hydrogen) atoms. The van der Waals surface area contributed by atoms with Crippen molar-refractivity contribution in [3.8, 4) is 0 Å². The van der Waals surface area contributed by atoms with E-state index in [9.17, 15) is 8.42 Å². The fraction of sp³-hybridized carbons (Fsp3) is 0.750. The lowest BCUT2D eigenvalue weighted by Gasteiger charge is -2.33. The third-order valence-electron chi connectivity index (χ3n) is 4.93. The Morgan fingerprint density at radius 1 is 1.04 bits per heavy atom. The predicted octanol–water partition coefficient (Wildman–Crippen LogP) is 3.79. The van der Waals surface area contributed by atoms with Gasteiger partial charge in [0.1, 0.15) is 4.21 Å². The van der Waals surface area contributed by atoms with Crippen LogP contribution in [-0.2, 0) is 10.0 Å². The second-order valence-corrected chi connectivity index (χ2v) is 11.2. The lowest BCUT2D eigenvalue weighted by molar-refractivity contribution is 0.186. The van der Waals surface area contributed by atoms with Gasteiger partial charge in [0.15, 0.2) is 0 Å². The highest BCUT2D eigenvalue weighted by Crippen LogP contribution is 2.31. The van der Waals surface area contributed by atoms with E-state index in [4.69, 9.17) is 0 Å². The van der Waals surface area contributed by atoms with Crippen LogP contribution in [-0.4, -0.2) is 50.3 Å². The van der Waals surface area contributed by atoms with Crippen molar-refractivity contribution >= 4 is 37.3 Å². The van der Waals surface area contributed by atoms with Crippen LogP contribution in [0.5, 0.6) is 0 Å². The molecule has 0 bridgehead atoms. The SMILES string of the molecule is O=S(=O)(c1ccc(Br)s1)N1CCC(CN2CCCCCC2)CC1. The van der Waals surface area contributed by atoms with E-state index in [2.05, 4.69) is 20.8 Å². The summed E-state index contributed by atoms with van der Waals surface area (Å²) in [5.74, 6) is 0.648. The molecule has 1 aromatic heterocycles. The first-order chi connectivity index (χ1) is 11.1. The first kappa shape index (κ1) is 17.9. The summed E-state index contributed by atoms with van der Waals surface area (Å²) in [6.45, 7) is 4.93. The molecular formula is C16H25BrN2O2S2. The highest BCUT2D eigenvalue weighted by Gasteiger charge is 2.31. The average molecular weight is 421 g/mol. The molecule has 2 saturated heterocycles. The highest BCUT2D eigenvalue weighted by atomic mass is 79.9. The number of piperidine rings is 1. The molecule has 2 aliphatic rings. The van der Waals surface area contributed by atoms with E-state index in [0.29, 0.717) is 23.2 Å². The standard InChI is InChI=1S/C16H25BrN2O2S2/c17-15-5-6-16(22-15)23(20,21)19-11-7-14(8-12-19)13-18-9-3-1-2-4-10-18/h5-6,14H,1-4,7-13H2. The summed E-state index contributed by atoms with van der Waals surface area (Å²) in [4.78, 5) is 2.60. The van der Waals surface area contributed by atoms with Gasteiger partial charge in [-0.05, 0) is 72.8 Å². The Labute approximate surface area is 152 Å². The molecule has 0 aliphatic carbocycles. The molecule has 0 atom stereocenters. The van der Waals surface area contributed by atoms with Crippen LogP contribution in [0.15, 0.2) is 20.1 Å². The molecule has 3 rings (SSSR count). The average Bonchev–Trinajstić information content (AvgIpc) is 2.82. The number of thiophene rings is 1. The lowest BCUT2D eigenvalue weighted by Crippen LogP contribution is -2.41. The summed E-state index contributed by atoms with van der Waals surface area (Å²) in [6, 6.07) is 3.51. The van der Waals surface area contributed by atoms with Crippen LogP contribution in [0, 0.1) is 5.92 Å². The van der Waals surface area contributed by atoms with E-state index in [1.807, 2.05) is 6.07 Å². The molecule has 2 aliphatic heterocycles. The summed E-state index contributed by atoms with van der Waals surface area (Å²) >= 11 is 4.65. The third kappa shape index (κ3) is 4.57. The molecule has 7 heteroatoms. The number of nitrogens with zero attached hydrogens (tertiary/aromatic N) is 2. The van der Waals surface area contributed by atoms with Crippen molar-refractivity contribution in [1.29, 1.82) is 0 Å². The van der Waals surface area contributed by atoms with Gasteiger partial charge in [-0.3, -0.25) is 0 Å². The molecule has 0 aromatic carbocycles. The minimum atomic E-state index is -3.30. The third-order valence-corrected chi connectivity index (χ3v) is 8.92. The molecule has 0 radical (unpaired) electrons. The maximum atomic E-state index is 12.6. The van der Waals surface area contributed by atoms with Gasteiger partial charge in [0.05, 0.1) is 3.79 Å². The number of halogens is 1. The van der Waals surface area contributed by atoms with Crippen LogP contribution in [0.4, 0.5) is 0 Å². The van der Waals surface area contributed by atoms with Gasteiger partial charge in [-0.25, -0.2) is 8.42 Å². The number of hydrogen-bond acceptors (Lipinski definition) is 4. The minimum absolute atomic E-state index is 0.454. The topological polar surface area (TPSA) is 40.6 Å². The van der Waals surface area contributed by atoms with Crippen molar-refractivity contribution in [2.45, 2.75) is 42.7 Å². The maximum Gasteiger partial charge on any atom is 0.252 e. The highest BCUT2D eigenvalue weighted by molar-refractivity contribution is 9.11. The van der Waals surface area contributed by atoms with Gasteiger partial charge >= 0.3 is 0 Å². The van der Waals surface area contributed by atoms with Gasteiger partial charge in [0.2, 0.25) is 0 Å². The van der Waals surface area contributed by atoms with Crippen molar-refractivity contribution < 1.29 is 8.42 Å². The summed E-state index contributed by atoms with van der Waals surface area (Å²) in [6.07, 6.45) is 7.35. The fourth-order valence-electron chi connectivity index (χ4n) is 3.58. The van der Waals surface area contributed by atoms with Crippen LogP contribution in [0.3, 0.4) is 0 Å². The second kappa shape index (κ2) is 7.95. The quantitative estimate of drug-likeness (QED) is 0.743. The Balaban J connectivity index is 1.53. The van der Waals surface area contributed by atoms with Crippen LogP contribution < -0.4 is 0 Å². The lowest BCUT2D eigenvalue weighted by atomic mass is 9.97. The van der Waals surface area contributed by atoms with E-state index in [-0.39, 0.29) is 0 Å². The van der Waals surface area contributed by atoms with E-state index >= 15 is 0 Å². The zero-order valence-corrected chi connectivity index (χ0v) is 16.6. The summed E-state index contributed by atoms with van der Waals surface area (Å²) in [7, 11) is -3.30. The number of likely N-dealkylation sites (tertiary alicyclic amines) is 1. The first-order valence-electron chi connectivity index (χ1n) is 8.53. The Morgan fingerprint density at radius 2 is 1.70 bits per heavy atom. The van der Waals surface area contributed by atoms with Crippen LogP contribution in [0.25, 0.3) is 0 Å². The molecule has 130 valence electrons. The van der Waals surface area contributed by atoms with Crippen molar-refractivity contribution in [3.63, 3.8) is 0 Å². The normalized spacial score (nSPS) is 23.0. The number of rotatable bonds is 4. The molecular weight excluding hydrogens is 396 g/mol. The van der Waals surface area contributed by atoms with Gasteiger partial charge in [0.25, 0.3) is 10.0 Å². The van der Waals surface area contributed by atoms with E-state index < -0.39 is 10.0 Å². The molecule has 2 fully saturated rings. The van der Waals surface area contributed by atoms with Crippen LogP contribution in [0.1, 0.15) is 38.5 Å². The molecule has 0 saturated carbocycles. The van der Waals surface area contributed by atoms with E-state index in [1.54, 1.807) is 10.4 Å². The molecule has 0 N–H and O–H groups in total. The number of sulfonamides is 1. The Kier molecular flexibility index (Phi) is 6.18.